The summed E-state index contributed by atoms with van der Waals surface area (Å²) in [6.07, 6.45) is 7.01. The fourth-order valence-corrected chi connectivity index (χ4v) is 2.81. The monoisotopic (exact) mass is 277 g/mol. The molecule has 1 fully saturated rings. The van der Waals surface area contributed by atoms with E-state index >= 15 is 0 Å². The SMILES string of the molecule is c1cc2c(cc1CNCCOC1CCCCC1)OCO2. The van der Waals surface area contributed by atoms with Crippen LogP contribution in [-0.4, -0.2) is 26.0 Å². The molecule has 0 atom stereocenters. The molecule has 1 N–H and O–H groups in total. The molecular weight excluding hydrogens is 254 g/mol. The number of rotatable bonds is 6. The fraction of sp³-hybridized carbons (Fsp3) is 0.625. The van der Waals surface area contributed by atoms with Crippen molar-refractivity contribution in [3.63, 3.8) is 0 Å². The minimum atomic E-state index is 0.335. The van der Waals surface area contributed by atoms with Gasteiger partial charge in [0.05, 0.1) is 12.7 Å². The van der Waals surface area contributed by atoms with E-state index in [1.807, 2.05) is 12.1 Å². The van der Waals surface area contributed by atoms with E-state index in [0.717, 1.165) is 31.2 Å². The molecule has 1 aromatic rings. The minimum Gasteiger partial charge on any atom is -0.454 e. The minimum absolute atomic E-state index is 0.335. The summed E-state index contributed by atoms with van der Waals surface area (Å²) < 4.78 is 16.6. The first-order valence-corrected chi connectivity index (χ1v) is 7.63. The van der Waals surface area contributed by atoms with Gasteiger partial charge in [0, 0.05) is 13.1 Å². The van der Waals surface area contributed by atoms with Gasteiger partial charge in [0.2, 0.25) is 6.79 Å². The van der Waals surface area contributed by atoms with Crippen LogP contribution in [0.1, 0.15) is 37.7 Å². The zero-order valence-corrected chi connectivity index (χ0v) is 11.9. The maximum atomic E-state index is 5.89. The zero-order valence-electron chi connectivity index (χ0n) is 11.9. The molecule has 0 radical (unpaired) electrons. The van der Waals surface area contributed by atoms with Crippen molar-refractivity contribution < 1.29 is 14.2 Å². The molecule has 0 amide bonds. The van der Waals surface area contributed by atoms with Crippen LogP contribution in [0.25, 0.3) is 0 Å². The van der Waals surface area contributed by atoms with Crippen molar-refractivity contribution in [2.45, 2.75) is 44.8 Å². The quantitative estimate of drug-likeness (QED) is 0.812. The van der Waals surface area contributed by atoms with Crippen molar-refractivity contribution in [3.05, 3.63) is 23.8 Å². The molecule has 110 valence electrons. The average molecular weight is 277 g/mol. The van der Waals surface area contributed by atoms with E-state index in [-0.39, 0.29) is 0 Å². The summed E-state index contributed by atoms with van der Waals surface area (Å²) in [5.74, 6) is 1.69. The van der Waals surface area contributed by atoms with Gasteiger partial charge in [-0.2, -0.15) is 0 Å². The normalized spacial score (nSPS) is 18.4. The smallest absolute Gasteiger partial charge is 0.231 e. The van der Waals surface area contributed by atoms with Crippen molar-refractivity contribution in [3.8, 4) is 11.5 Å². The van der Waals surface area contributed by atoms with Gasteiger partial charge in [0.15, 0.2) is 11.5 Å². The third-order valence-electron chi connectivity index (χ3n) is 3.95. The van der Waals surface area contributed by atoms with Crippen LogP contribution in [0.3, 0.4) is 0 Å². The second-order valence-corrected chi connectivity index (χ2v) is 5.50. The number of benzene rings is 1. The maximum Gasteiger partial charge on any atom is 0.231 e. The van der Waals surface area contributed by atoms with Crippen molar-refractivity contribution >= 4 is 0 Å². The zero-order chi connectivity index (χ0) is 13.6. The van der Waals surface area contributed by atoms with Crippen LogP contribution in [0.5, 0.6) is 11.5 Å². The highest BCUT2D eigenvalue weighted by Crippen LogP contribution is 2.32. The highest BCUT2D eigenvalue weighted by molar-refractivity contribution is 5.44. The van der Waals surface area contributed by atoms with Gasteiger partial charge in [-0.1, -0.05) is 25.3 Å². The molecule has 2 aliphatic rings. The Morgan fingerprint density at radius 1 is 1.10 bits per heavy atom. The topological polar surface area (TPSA) is 39.7 Å². The Kier molecular flexibility index (Phi) is 4.77. The van der Waals surface area contributed by atoms with Crippen LogP contribution >= 0.6 is 0 Å². The summed E-state index contributed by atoms with van der Waals surface area (Å²) in [4.78, 5) is 0. The second-order valence-electron chi connectivity index (χ2n) is 5.50. The van der Waals surface area contributed by atoms with Crippen LogP contribution in [-0.2, 0) is 11.3 Å². The first-order valence-electron chi connectivity index (χ1n) is 7.63. The van der Waals surface area contributed by atoms with E-state index in [4.69, 9.17) is 14.2 Å². The average Bonchev–Trinajstić information content (AvgIpc) is 2.95. The Morgan fingerprint density at radius 2 is 1.95 bits per heavy atom. The summed E-state index contributed by atoms with van der Waals surface area (Å²) in [7, 11) is 0. The molecule has 1 heterocycles. The van der Waals surface area contributed by atoms with E-state index < -0.39 is 0 Å². The van der Waals surface area contributed by atoms with E-state index in [2.05, 4.69) is 11.4 Å². The fourth-order valence-electron chi connectivity index (χ4n) is 2.81. The Bertz CT molecular complexity index is 430. The summed E-state index contributed by atoms with van der Waals surface area (Å²) >= 11 is 0. The molecule has 4 nitrogen and oxygen atoms in total. The lowest BCUT2D eigenvalue weighted by Crippen LogP contribution is -2.24. The first-order chi connectivity index (χ1) is 9.92. The molecule has 0 aromatic heterocycles. The van der Waals surface area contributed by atoms with Crippen molar-refractivity contribution in [1.82, 2.24) is 5.32 Å². The highest BCUT2D eigenvalue weighted by atomic mass is 16.7. The van der Waals surface area contributed by atoms with E-state index in [0.29, 0.717) is 12.9 Å². The molecule has 20 heavy (non-hydrogen) atoms. The predicted molar refractivity (Wildman–Crippen MR) is 77.1 cm³/mol. The Labute approximate surface area is 120 Å². The Morgan fingerprint density at radius 3 is 2.85 bits per heavy atom. The molecule has 4 heteroatoms. The molecule has 0 unspecified atom stereocenters. The summed E-state index contributed by atoms with van der Waals surface area (Å²) in [5, 5.41) is 3.41. The largest absolute Gasteiger partial charge is 0.454 e. The van der Waals surface area contributed by atoms with Crippen molar-refractivity contribution in [1.29, 1.82) is 0 Å². The van der Waals surface area contributed by atoms with Gasteiger partial charge in [0.25, 0.3) is 0 Å². The maximum absolute atomic E-state index is 5.89. The molecule has 0 bridgehead atoms. The van der Waals surface area contributed by atoms with Crippen molar-refractivity contribution in [2.75, 3.05) is 19.9 Å². The molecule has 1 aliphatic carbocycles. The third kappa shape index (κ3) is 3.64. The number of hydrogen-bond acceptors (Lipinski definition) is 4. The van der Waals surface area contributed by atoms with Gasteiger partial charge in [-0.05, 0) is 30.5 Å². The van der Waals surface area contributed by atoms with Crippen molar-refractivity contribution in [2.24, 2.45) is 0 Å². The lowest BCUT2D eigenvalue weighted by Gasteiger charge is -2.22. The number of hydrogen-bond donors (Lipinski definition) is 1. The van der Waals surface area contributed by atoms with Crippen LogP contribution in [0, 0.1) is 0 Å². The van der Waals surface area contributed by atoms with Gasteiger partial charge >= 0.3 is 0 Å². The Hall–Kier alpha value is -1.26. The molecule has 1 aliphatic heterocycles. The molecule has 1 saturated carbocycles. The van der Waals surface area contributed by atoms with E-state index in [9.17, 15) is 0 Å². The summed E-state index contributed by atoms with van der Waals surface area (Å²) in [6, 6.07) is 6.08. The summed E-state index contributed by atoms with van der Waals surface area (Å²) in [6.45, 7) is 2.87. The van der Waals surface area contributed by atoms with Gasteiger partial charge < -0.3 is 19.5 Å². The van der Waals surface area contributed by atoms with Gasteiger partial charge in [0.1, 0.15) is 0 Å². The Balaban J connectivity index is 1.33. The standard InChI is InChI=1S/C16H23NO3/c1-2-4-14(5-3-1)18-9-8-17-11-13-6-7-15-16(10-13)20-12-19-15/h6-7,10,14,17H,1-5,8-9,11-12H2. The van der Waals surface area contributed by atoms with E-state index in [1.54, 1.807) is 0 Å². The third-order valence-corrected chi connectivity index (χ3v) is 3.95. The van der Waals surface area contributed by atoms with Gasteiger partial charge in [-0.15, -0.1) is 0 Å². The van der Waals surface area contributed by atoms with Gasteiger partial charge in [-0.25, -0.2) is 0 Å². The summed E-state index contributed by atoms with van der Waals surface area (Å²) in [5.41, 5.74) is 1.21. The molecular formula is C16H23NO3. The van der Waals surface area contributed by atoms with Gasteiger partial charge in [-0.3, -0.25) is 0 Å². The number of nitrogens with one attached hydrogen (secondary N) is 1. The van der Waals surface area contributed by atoms with E-state index in [1.165, 1.54) is 37.7 Å². The first kappa shape index (κ1) is 13.7. The van der Waals surface area contributed by atoms with Crippen LogP contribution in [0.4, 0.5) is 0 Å². The predicted octanol–water partition coefficient (Wildman–Crippen LogP) is 2.85. The highest BCUT2D eigenvalue weighted by Gasteiger charge is 2.14. The molecule has 1 aromatic carbocycles. The second kappa shape index (κ2) is 6.95. The number of ether oxygens (including phenoxy) is 3. The lowest BCUT2D eigenvalue weighted by molar-refractivity contribution is 0.0302. The lowest BCUT2D eigenvalue weighted by atomic mass is 9.98. The molecule has 0 spiro atoms. The van der Waals surface area contributed by atoms with Crippen LogP contribution in [0.2, 0.25) is 0 Å². The van der Waals surface area contributed by atoms with Crippen LogP contribution < -0.4 is 14.8 Å². The van der Waals surface area contributed by atoms with Crippen LogP contribution in [0.15, 0.2) is 18.2 Å². The molecule has 3 rings (SSSR count). The number of fused-ring (bicyclic) bond motifs is 1. The molecule has 0 saturated heterocycles.